The molecule has 4 N–H and O–H groups in total. The molecule has 0 aliphatic carbocycles. The topological polar surface area (TPSA) is 82.8 Å². The first kappa shape index (κ1) is 10.6. The van der Waals surface area contributed by atoms with Gasteiger partial charge < -0.3 is 11.5 Å². The molecule has 0 bridgehead atoms. The molecule has 0 radical (unpaired) electrons. The van der Waals surface area contributed by atoms with Crippen molar-refractivity contribution >= 4 is 5.95 Å². The number of benzene rings is 1. The normalized spacial score (nSPS) is 10.6. The minimum atomic E-state index is 0.414. The van der Waals surface area contributed by atoms with Crippen molar-refractivity contribution < 1.29 is 0 Å². The number of hydrogen-bond acceptors (Lipinski definition) is 4. The van der Waals surface area contributed by atoms with Gasteiger partial charge in [-0.1, -0.05) is 24.3 Å². The molecule has 2 rings (SSSR count). The van der Waals surface area contributed by atoms with Crippen LogP contribution in [0.25, 0.3) is 11.4 Å². The Hall–Kier alpha value is -1.88. The summed E-state index contributed by atoms with van der Waals surface area (Å²) in [4.78, 5) is 4.21. The molecule has 1 aromatic heterocycles. The summed E-state index contributed by atoms with van der Waals surface area (Å²) in [5.74, 6) is 1.07. The van der Waals surface area contributed by atoms with Crippen molar-refractivity contribution in [3.05, 3.63) is 29.8 Å². The van der Waals surface area contributed by atoms with E-state index >= 15 is 0 Å². The lowest BCUT2D eigenvalue weighted by Gasteiger charge is -2.04. The smallest absolute Gasteiger partial charge is 0.218 e. The summed E-state index contributed by atoms with van der Waals surface area (Å²) in [7, 11) is 1.78. The van der Waals surface area contributed by atoms with Crippen molar-refractivity contribution in [2.45, 2.75) is 6.42 Å². The summed E-state index contributed by atoms with van der Waals surface area (Å²) >= 11 is 0. The minimum Gasteiger partial charge on any atom is -0.368 e. The van der Waals surface area contributed by atoms with Crippen LogP contribution in [0.3, 0.4) is 0 Å². The SMILES string of the molecule is Cn1nc(-c2ccccc2CCN)nc1N. The second-order valence-electron chi connectivity index (χ2n) is 3.61. The summed E-state index contributed by atoms with van der Waals surface area (Å²) in [6.45, 7) is 0.610. The highest BCUT2D eigenvalue weighted by Gasteiger charge is 2.10. The number of anilines is 1. The number of hydrogen-bond donors (Lipinski definition) is 2. The highest BCUT2D eigenvalue weighted by atomic mass is 15.4. The Kier molecular flexibility index (Phi) is 2.87. The number of aromatic nitrogens is 3. The maximum absolute atomic E-state index is 5.67. The van der Waals surface area contributed by atoms with E-state index in [0.717, 1.165) is 17.5 Å². The zero-order valence-electron chi connectivity index (χ0n) is 9.22. The lowest BCUT2D eigenvalue weighted by Crippen LogP contribution is -2.04. The quantitative estimate of drug-likeness (QED) is 0.787. The molecule has 0 amide bonds. The van der Waals surface area contributed by atoms with Crippen molar-refractivity contribution in [1.82, 2.24) is 14.8 Å². The molecule has 5 heteroatoms. The van der Waals surface area contributed by atoms with Gasteiger partial charge in [0.25, 0.3) is 0 Å². The summed E-state index contributed by atoms with van der Waals surface area (Å²) in [5.41, 5.74) is 13.4. The van der Waals surface area contributed by atoms with E-state index in [9.17, 15) is 0 Å². The molecule has 0 fully saturated rings. The average Bonchev–Trinajstić information content (AvgIpc) is 2.60. The van der Waals surface area contributed by atoms with Gasteiger partial charge in [0.2, 0.25) is 5.95 Å². The van der Waals surface area contributed by atoms with Gasteiger partial charge in [0.05, 0.1) is 0 Å². The van der Waals surface area contributed by atoms with E-state index in [0.29, 0.717) is 18.3 Å². The van der Waals surface area contributed by atoms with Crippen molar-refractivity contribution in [3.8, 4) is 11.4 Å². The standard InChI is InChI=1S/C11H15N5/c1-16-11(13)14-10(15-16)9-5-3-2-4-8(9)6-7-12/h2-5H,6-7,12H2,1H3,(H2,13,14,15). The largest absolute Gasteiger partial charge is 0.368 e. The van der Waals surface area contributed by atoms with Crippen LogP contribution >= 0.6 is 0 Å². The molecule has 2 aromatic rings. The van der Waals surface area contributed by atoms with Crippen LogP contribution in [0.15, 0.2) is 24.3 Å². The van der Waals surface area contributed by atoms with Gasteiger partial charge in [-0.05, 0) is 18.5 Å². The van der Waals surface area contributed by atoms with Crippen LogP contribution in [0, 0.1) is 0 Å². The van der Waals surface area contributed by atoms with Crippen molar-refractivity contribution in [2.75, 3.05) is 12.3 Å². The summed E-state index contributed by atoms with van der Waals surface area (Å²) in [5, 5.41) is 4.26. The molecule has 84 valence electrons. The average molecular weight is 217 g/mol. The van der Waals surface area contributed by atoms with E-state index in [1.165, 1.54) is 0 Å². The Bertz CT molecular complexity index is 469. The van der Waals surface area contributed by atoms with Gasteiger partial charge in [0.1, 0.15) is 0 Å². The molecule has 0 saturated carbocycles. The first-order valence-electron chi connectivity index (χ1n) is 5.17. The third kappa shape index (κ3) is 1.90. The fraction of sp³-hybridized carbons (Fsp3) is 0.273. The van der Waals surface area contributed by atoms with Crippen molar-refractivity contribution in [2.24, 2.45) is 12.8 Å². The number of nitrogens with two attached hydrogens (primary N) is 2. The Morgan fingerprint density at radius 2 is 2.06 bits per heavy atom. The maximum Gasteiger partial charge on any atom is 0.218 e. The monoisotopic (exact) mass is 217 g/mol. The van der Waals surface area contributed by atoms with Crippen LogP contribution in [0.4, 0.5) is 5.95 Å². The van der Waals surface area contributed by atoms with Crippen LogP contribution in [-0.4, -0.2) is 21.3 Å². The van der Waals surface area contributed by atoms with E-state index in [4.69, 9.17) is 11.5 Å². The molecule has 1 aromatic carbocycles. The molecule has 0 aliphatic rings. The maximum atomic E-state index is 5.67. The number of rotatable bonds is 3. The molecule has 0 atom stereocenters. The van der Waals surface area contributed by atoms with E-state index in [1.54, 1.807) is 11.7 Å². The van der Waals surface area contributed by atoms with Crippen LogP contribution in [0.2, 0.25) is 0 Å². The number of nitrogen functional groups attached to an aromatic ring is 1. The second-order valence-corrected chi connectivity index (χ2v) is 3.61. The van der Waals surface area contributed by atoms with Gasteiger partial charge in [-0.3, -0.25) is 0 Å². The first-order chi connectivity index (χ1) is 7.72. The first-order valence-corrected chi connectivity index (χ1v) is 5.17. The highest BCUT2D eigenvalue weighted by molar-refractivity contribution is 5.61. The Balaban J connectivity index is 2.46. The van der Waals surface area contributed by atoms with Gasteiger partial charge in [-0.15, -0.1) is 5.10 Å². The zero-order chi connectivity index (χ0) is 11.5. The molecule has 0 saturated heterocycles. The third-order valence-electron chi connectivity index (χ3n) is 2.47. The number of nitrogens with zero attached hydrogens (tertiary/aromatic N) is 3. The van der Waals surface area contributed by atoms with E-state index in [-0.39, 0.29) is 0 Å². The van der Waals surface area contributed by atoms with Crippen LogP contribution < -0.4 is 11.5 Å². The fourth-order valence-electron chi connectivity index (χ4n) is 1.62. The van der Waals surface area contributed by atoms with Crippen LogP contribution in [-0.2, 0) is 13.5 Å². The Morgan fingerprint density at radius 1 is 1.31 bits per heavy atom. The van der Waals surface area contributed by atoms with E-state index in [1.807, 2.05) is 24.3 Å². The predicted molar refractivity (Wildman–Crippen MR) is 63.6 cm³/mol. The molecular formula is C11H15N5. The number of aryl methyl sites for hydroxylation is 1. The Labute approximate surface area is 94.1 Å². The molecule has 5 nitrogen and oxygen atoms in total. The van der Waals surface area contributed by atoms with Crippen molar-refractivity contribution in [1.29, 1.82) is 0 Å². The van der Waals surface area contributed by atoms with Gasteiger partial charge in [-0.2, -0.15) is 4.98 Å². The Morgan fingerprint density at radius 3 is 2.69 bits per heavy atom. The lowest BCUT2D eigenvalue weighted by atomic mass is 10.0. The zero-order valence-corrected chi connectivity index (χ0v) is 9.22. The van der Waals surface area contributed by atoms with Crippen LogP contribution in [0.1, 0.15) is 5.56 Å². The van der Waals surface area contributed by atoms with Crippen molar-refractivity contribution in [3.63, 3.8) is 0 Å². The van der Waals surface area contributed by atoms with Gasteiger partial charge in [0.15, 0.2) is 5.82 Å². The van der Waals surface area contributed by atoms with Gasteiger partial charge >= 0.3 is 0 Å². The van der Waals surface area contributed by atoms with Gasteiger partial charge in [-0.25, -0.2) is 4.68 Å². The molecule has 0 unspecified atom stereocenters. The van der Waals surface area contributed by atoms with E-state index < -0.39 is 0 Å². The van der Waals surface area contributed by atoms with Gasteiger partial charge in [0, 0.05) is 12.6 Å². The molecule has 0 spiro atoms. The summed E-state index contributed by atoms with van der Waals surface area (Å²) in [6, 6.07) is 7.97. The molecular weight excluding hydrogens is 202 g/mol. The fourth-order valence-corrected chi connectivity index (χ4v) is 1.62. The predicted octanol–water partition coefficient (Wildman–Crippen LogP) is 0.566. The summed E-state index contributed by atoms with van der Waals surface area (Å²) < 4.78 is 1.56. The summed E-state index contributed by atoms with van der Waals surface area (Å²) in [6.07, 6.45) is 0.814. The molecule has 0 aliphatic heterocycles. The highest BCUT2D eigenvalue weighted by Crippen LogP contribution is 2.21. The molecule has 1 heterocycles. The molecule has 16 heavy (non-hydrogen) atoms. The third-order valence-corrected chi connectivity index (χ3v) is 2.47. The van der Waals surface area contributed by atoms with Crippen LogP contribution in [0.5, 0.6) is 0 Å². The minimum absolute atomic E-state index is 0.414. The van der Waals surface area contributed by atoms with E-state index in [2.05, 4.69) is 10.1 Å². The second kappa shape index (κ2) is 4.32. The lowest BCUT2D eigenvalue weighted by molar-refractivity contribution is 0.780.